The Morgan fingerprint density at radius 1 is 1.17 bits per heavy atom. The molecule has 0 heterocycles. The quantitative estimate of drug-likeness (QED) is 0.723. The molecule has 2 nitrogen and oxygen atoms in total. The second kappa shape index (κ2) is 4.10. The van der Waals surface area contributed by atoms with Gasteiger partial charge in [0, 0.05) is 6.42 Å². The number of halogens is 2. The number of rotatable bonds is 2. The molecule has 1 rings (SSSR count). The van der Waals surface area contributed by atoms with Gasteiger partial charge in [0.25, 0.3) is 0 Å². The van der Waals surface area contributed by atoms with Crippen molar-refractivity contribution in [3.05, 3.63) is 33.8 Å². The van der Waals surface area contributed by atoms with Gasteiger partial charge < -0.3 is 11.5 Å². The molecule has 0 bridgehead atoms. The molecule has 0 unspecified atom stereocenters. The van der Waals surface area contributed by atoms with Crippen LogP contribution in [0.25, 0.3) is 0 Å². The van der Waals surface area contributed by atoms with E-state index in [1.54, 1.807) is 12.1 Å². The molecule has 0 aliphatic heterocycles. The maximum atomic E-state index is 5.78. The zero-order chi connectivity index (χ0) is 9.14. The fourth-order valence-electron chi connectivity index (χ4n) is 0.939. The van der Waals surface area contributed by atoms with Crippen molar-refractivity contribution in [2.24, 2.45) is 11.5 Å². The second-order valence-corrected chi connectivity index (χ2v) is 3.43. The molecule has 1 aromatic rings. The highest BCUT2D eigenvalue weighted by Crippen LogP contribution is 2.22. The van der Waals surface area contributed by atoms with Gasteiger partial charge in [0.15, 0.2) is 0 Å². The molecular formula is C8H10Cl2N2. The SMILES string of the molecule is NC(N)Cc1ccc(Cl)c(Cl)c1. The Balaban J connectivity index is 2.82. The molecule has 0 amide bonds. The number of hydrogen-bond acceptors (Lipinski definition) is 2. The van der Waals surface area contributed by atoms with Crippen LogP contribution in [0.5, 0.6) is 0 Å². The molecule has 0 saturated carbocycles. The third-order valence-corrected chi connectivity index (χ3v) is 2.19. The highest BCUT2D eigenvalue weighted by Gasteiger charge is 2.01. The zero-order valence-electron chi connectivity index (χ0n) is 6.43. The van der Waals surface area contributed by atoms with Crippen molar-refractivity contribution in [1.82, 2.24) is 0 Å². The van der Waals surface area contributed by atoms with Crippen LogP contribution in [0.2, 0.25) is 10.0 Å². The van der Waals surface area contributed by atoms with Gasteiger partial charge >= 0.3 is 0 Å². The molecule has 0 saturated heterocycles. The summed E-state index contributed by atoms with van der Waals surface area (Å²) in [6.45, 7) is 0. The lowest BCUT2D eigenvalue weighted by Gasteiger charge is -2.05. The number of nitrogens with two attached hydrogens (primary N) is 2. The summed E-state index contributed by atoms with van der Waals surface area (Å²) in [5.41, 5.74) is 11.8. The minimum absolute atomic E-state index is 0.345. The van der Waals surface area contributed by atoms with Crippen LogP contribution in [0.15, 0.2) is 18.2 Å². The van der Waals surface area contributed by atoms with E-state index < -0.39 is 0 Å². The van der Waals surface area contributed by atoms with Gasteiger partial charge in [-0.25, -0.2) is 0 Å². The molecule has 1 aromatic carbocycles. The third kappa shape index (κ3) is 2.64. The van der Waals surface area contributed by atoms with Crippen LogP contribution in [0.4, 0.5) is 0 Å². The van der Waals surface area contributed by atoms with Crippen molar-refractivity contribution in [2.75, 3.05) is 0 Å². The molecule has 0 aliphatic carbocycles. The molecular weight excluding hydrogens is 195 g/mol. The first-order chi connectivity index (χ1) is 5.59. The van der Waals surface area contributed by atoms with Gasteiger partial charge in [0.05, 0.1) is 16.2 Å². The van der Waals surface area contributed by atoms with Crippen molar-refractivity contribution in [3.8, 4) is 0 Å². The lowest BCUT2D eigenvalue weighted by atomic mass is 10.1. The van der Waals surface area contributed by atoms with Crippen LogP contribution in [0.3, 0.4) is 0 Å². The van der Waals surface area contributed by atoms with E-state index in [4.69, 9.17) is 34.7 Å². The van der Waals surface area contributed by atoms with Gasteiger partial charge in [-0.15, -0.1) is 0 Å². The molecule has 0 spiro atoms. The van der Waals surface area contributed by atoms with Crippen LogP contribution in [-0.4, -0.2) is 6.17 Å². The van der Waals surface area contributed by atoms with Crippen LogP contribution >= 0.6 is 23.2 Å². The minimum Gasteiger partial charge on any atom is -0.316 e. The van der Waals surface area contributed by atoms with E-state index >= 15 is 0 Å². The van der Waals surface area contributed by atoms with Crippen molar-refractivity contribution in [1.29, 1.82) is 0 Å². The maximum absolute atomic E-state index is 5.78. The lowest BCUT2D eigenvalue weighted by Crippen LogP contribution is -2.32. The molecule has 12 heavy (non-hydrogen) atoms. The summed E-state index contributed by atoms with van der Waals surface area (Å²) in [4.78, 5) is 0. The number of hydrogen-bond donors (Lipinski definition) is 2. The normalized spacial score (nSPS) is 10.8. The van der Waals surface area contributed by atoms with Crippen molar-refractivity contribution in [2.45, 2.75) is 12.6 Å². The summed E-state index contributed by atoms with van der Waals surface area (Å²) in [6.07, 6.45) is 0.263. The number of benzene rings is 1. The molecule has 4 N–H and O–H groups in total. The molecule has 0 aromatic heterocycles. The minimum atomic E-state index is -0.345. The predicted octanol–water partition coefficient (Wildman–Crippen LogP) is 1.78. The van der Waals surface area contributed by atoms with E-state index in [0.717, 1.165) is 5.56 Å². The average molecular weight is 205 g/mol. The smallest absolute Gasteiger partial charge is 0.0595 e. The van der Waals surface area contributed by atoms with Crippen molar-refractivity contribution >= 4 is 23.2 Å². The predicted molar refractivity (Wildman–Crippen MR) is 52.3 cm³/mol. The van der Waals surface area contributed by atoms with E-state index in [9.17, 15) is 0 Å². The van der Waals surface area contributed by atoms with Crippen LogP contribution in [0.1, 0.15) is 5.56 Å². The fourth-order valence-corrected chi connectivity index (χ4v) is 1.26. The Labute approximate surface area is 81.4 Å². The van der Waals surface area contributed by atoms with Gasteiger partial charge in [-0.3, -0.25) is 0 Å². The topological polar surface area (TPSA) is 52.0 Å². The summed E-state index contributed by atoms with van der Waals surface area (Å²) in [5.74, 6) is 0. The van der Waals surface area contributed by atoms with Crippen molar-refractivity contribution in [3.63, 3.8) is 0 Å². The van der Waals surface area contributed by atoms with Gasteiger partial charge in [-0.1, -0.05) is 29.3 Å². The molecule has 4 heteroatoms. The van der Waals surface area contributed by atoms with Crippen LogP contribution < -0.4 is 11.5 Å². The Kier molecular flexibility index (Phi) is 3.35. The largest absolute Gasteiger partial charge is 0.316 e. The van der Waals surface area contributed by atoms with Gasteiger partial charge in [0.1, 0.15) is 0 Å². The van der Waals surface area contributed by atoms with E-state index in [2.05, 4.69) is 0 Å². The van der Waals surface area contributed by atoms with Gasteiger partial charge in [0.2, 0.25) is 0 Å². The highest BCUT2D eigenvalue weighted by molar-refractivity contribution is 6.42. The highest BCUT2D eigenvalue weighted by atomic mass is 35.5. The molecule has 0 radical (unpaired) electrons. The van der Waals surface area contributed by atoms with Gasteiger partial charge in [-0.05, 0) is 17.7 Å². The second-order valence-electron chi connectivity index (χ2n) is 2.62. The first kappa shape index (κ1) is 9.81. The third-order valence-electron chi connectivity index (χ3n) is 1.46. The maximum Gasteiger partial charge on any atom is 0.0595 e. The molecule has 0 aliphatic rings. The summed E-state index contributed by atoms with van der Waals surface area (Å²) < 4.78 is 0. The average Bonchev–Trinajstić information content (AvgIpc) is 1.96. The van der Waals surface area contributed by atoms with Crippen LogP contribution in [-0.2, 0) is 6.42 Å². The van der Waals surface area contributed by atoms with E-state index in [-0.39, 0.29) is 6.17 Å². The summed E-state index contributed by atoms with van der Waals surface area (Å²) in [5, 5.41) is 1.08. The Bertz CT molecular complexity index is 274. The standard InChI is InChI=1S/C8H10Cl2N2/c9-6-2-1-5(3-7(6)10)4-8(11)12/h1-3,8H,4,11-12H2. The van der Waals surface area contributed by atoms with Crippen LogP contribution in [0, 0.1) is 0 Å². The molecule has 66 valence electrons. The Morgan fingerprint density at radius 2 is 1.83 bits per heavy atom. The zero-order valence-corrected chi connectivity index (χ0v) is 7.94. The van der Waals surface area contributed by atoms with E-state index in [1.165, 1.54) is 0 Å². The van der Waals surface area contributed by atoms with Gasteiger partial charge in [-0.2, -0.15) is 0 Å². The molecule has 0 fully saturated rings. The summed E-state index contributed by atoms with van der Waals surface area (Å²) in [6, 6.07) is 5.37. The van der Waals surface area contributed by atoms with E-state index in [1.807, 2.05) is 6.07 Å². The summed E-state index contributed by atoms with van der Waals surface area (Å²) >= 11 is 11.5. The summed E-state index contributed by atoms with van der Waals surface area (Å²) in [7, 11) is 0. The van der Waals surface area contributed by atoms with Crippen molar-refractivity contribution < 1.29 is 0 Å². The Hall–Kier alpha value is -0.280. The monoisotopic (exact) mass is 204 g/mol. The molecule has 0 atom stereocenters. The fraction of sp³-hybridized carbons (Fsp3) is 0.250. The first-order valence-corrected chi connectivity index (χ1v) is 4.30. The first-order valence-electron chi connectivity index (χ1n) is 3.54. The van der Waals surface area contributed by atoms with E-state index in [0.29, 0.717) is 16.5 Å². The Morgan fingerprint density at radius 3 is 2.33 bits per heavy atom. The lowest BCUT2D eigenvalue weighted by molar-refractivity contribution is 0.703.